The lowest BCUT2D eigenvalue weighted by atomic mass is 10.1. The van der Waals surface area contributed by atoms with E-state index in [1.54, 1.807) is 18.2 Å². The van der Waals surface area contributed by atoms with Gasteiger partial charge in [-0.15, -0.1) is 0 Å². The molecule has 0 radical (unpaired) electrons. The van der Waals surface area contributed by atoms with Gasteiger partial charge in [-0.25, -0.2) is 0 Å². The molecule has 0 N–H and O–H groups in total. The van der Waals surface area contributed by atoms with Gasteiger partial charge in [0.2, 0.25) is 0 Å². The molecule has 0 atom stereocenters. The largest absolute Gasteiger partial charge is 0.298 e. The SMILES string of the molecule is O=Cc1ccc(C#CCS)cc1Cl. The smallest absolute Gasteiger partial charge is 0.151 e. The minimum absolute atomic E-state index is 0.431. The summed E-state index contributed by atoms with van der Waals surface area (Å²) in [7, 11) is 0. The van der Waals surface area contributed by atoms with Gasteiger partial charge in [-0.3, -0.25) is 4.79 Å². The molecule has 0 aliphatic carbocycles. The lowest BCUT2D eigenvalue weighted by Crippen LogP contribution is -1.83. The number of carbonyl (C=O) groups excluding carboxylic acids is 1. The molecule has 0 amide bonds. The van der Waals surface area contributed by atoms with Gasteiger partial charge in [-0.1, -0.05) is 23.4 Å². The number of benzene rings is 1. The molecule has 1 aromatic rings. The molecule has 13 heavy (non-hydrogen) atoms. The Labute approximate surface area is 87.5 Å². The van der Waals surface area contributed by atoms with E-state index in [1.807, 2.05) is 0 Å². The van der Waals surface area contributed by atoms with Gasteiger partial charge in [-0.05, 0) is 18.2 Å². The van der Waals surface area contributed by atoms with Crippen LogP contribution in [0.3, 0.4) is 0 Å². The maximum absolute atomic E-state index is 10.4. The van der Waals surface area contributed by atoms with Gasteiger partial charge in [0.15, 0.2) is 6.29 Å². The molecular weight excluding hydrogens is 204 g/mol. The first kappa shape index (κ1) is 10.2. The molecule has 0 spiro atoms. The summed E-state index contributed by atoms with van der Waals surface area (Å²) in [4.78, 5) is 10.4. The van der Waals surface area contributed by atoms with Crippen LogP contribution in [0.25, 0.3) is 0 Å². The summed E-state index contributed by atoms with van der Waals surface area (Å²) in [6.07, 6.45) is 0.720. The first-order chi connectivity index (χ1) is 6.27. The molecule has 1 aromatic carbocycles. The second-order valence-corrected chi connectivity index (χ2v) is 3.04. The van der Waals surface area contributed by atoms with Gasteiger partial charge < -0.3 is 0 Å². The van der Waals surface area contributed by atoms with Crippen LogP contribution in [0, 0.1) is 11.8 Å². The van der Waals surface area contributed by atoms with E-state index in [-0.39, 0.29) is 0 Å². The average Bonchev–Trinajstić information content (AvgIpc) is 2.15. The third kappa shape index (κ3) is 2.80. The van der Waals surface area contributed by atoms with Crippen LogP contribution in [0.5, 0.6) is 0 Å². The molecular formula is C10H7ClOS. The van der Waals surface area contributed by atoms with Crippen molar-refractivity contribution in [1.82, 2.24) is 0 Å². The Hall–Kier alpha value is -0.910. The van der Waals surface area contributed by atoms with E-state index in [1.165, 1.54) is 0 Å². The van der Waals surface area contributed by atoms with Gasteiger partial charge >= 0.3 is 0 Å². The van der Waals surface area contributed by atoms with Crippen molar-refractivity contribution >= 4 is 30.5 Å². The summed E-state index contributed by atoms with van der Waals surface area (Å²) < 4.78 is 0. The molecule has 0 unspecified atom stereocenters. The van der Waals surface area contributed by atoms with E-state index >= 15 is 0 Å². The summed E-state index contributed by atoms with van der Waals surface area (Å²) in [5, 5.41) is 0.431. The first-order valence-electron chi connectivity index (χ1n) is 3.62. The second-order valence-electron chi connectivity index (χ2n) is 2.31. The van der Waals surface area contributed by atoms with Crippen molar-refractivity contribution in [1.29, 1.82) is 0 Å². The zero-order valence-electron chi connectivity index (χ0n) is 6.75. The maximum atomic E-state index is 10.4. The molecule has 66 valence electrons. The lowest BCUT2D eigenvalue weighted by Gasteiger charge is -1.95. The summed E-state index contributed by atoms with van der Waals surface area (Å²) >= 11 is 9.74. The van der Waals surface area contributed by atoms with Gasteiger partial charge in [-0.2, -0.15) is 12.6 Å². The number of halogens is 1. The quantitative estimate of drug-likeness (QED) is 0.428. The molecule has 1 nitrogen and oxygen atoms in total. The number of hydrogen-bond donors (Lipinski definition) is 1. The van der Waals surface area contributed by atoms with Crippen molar-refractivity contribution in [3.05, 3.63) is 34.3 Å². The highest BCUT2D eigenvalue weighted by molar-refractivity contribution is 7.80. The highest BCUT2D eigenvalue weighted by atomic mass is 35.5. The Morgan fingerprint density at radius 1 is 1.54 bits per heavy atom. The maximum Gasteiger partial charge on any atom is 0.151 e. The summed E-state index contributed by atoms with van der Waals surface area (Å²) in [5.74, 6) is 6.16. The standard InChI is InChI=1S/C10H7ClOS/c11-10-6-8(2-1-5-13)3-4-9(10)7-12/h3-4,6-7,13H,5H2. The van der Waals surface area contributed by atoms with Crippen molar-refractivity contribution < 1.29 is 4.79 Å². The first-order valence-corrected chi connectivity index (χ1v) is 4.63. The molecule has 0 saturated carbocycles. The topological polar surface area (TPSA) is 17.1 Å². The van der Waals surface area contributed by atoms with E-state index in [0.717, 1.165) is 11.8 Å². The summed E-state index contributed by atoms with van der Waals surface area (Å²) in [6, 6.07) is 5.08. The molecule has 0 heterocycles. The lowest BCUT2D eigenvalue weighted by molar-refractivity contribution is 0.112. The number of carbonyl (C=O) groups is 1. The van der Waals surface area contributed by atoms with Crippen LogP contribution in [0.1, 0.15) is 15.9 Å². The highest BCUT2D eigenvalue weighted by Gasteiger charge is 1.97. The van der Waals surface area contributed by atoms with E-state index in [4.69, 9.17) is 11.6 Å². The second kappa shape index (κ2) is 4.96. The fourth-order valence-corrected chi connectivity index (χ4v) is 1.15. The van der Waals surface area contributed by atoms with Gasteiger partial charge in [0.1, 0.15) is 0 Å². The third-order valence-corrected chi connectivity index (χ3v) is 1.92. The predicted octanol–water partition coefficient (Wildman–Crippen LogP) is 2.43. The van der Waals surface area contributed by atoms with Crippen LogP contribution in [-0.4, -0.2) is 12.0 Å². The van der Waals surface area contributed by atoms with Crippen molar-refractivity contribution in [2.75, 3.05) is 5.75 Å². The van der Waals surface area contributed by atoms with E-state index in [9.17, 15) is 4.79 Å². The molecule has 0 aromatic heterocycles. The Morgan fingerprint density at radius 2 is 2.31 bits per heavy atom. The van der Waals surface area contributed by atoms with Gasteiger partial charge in [0.05, 0.1) is 10.8 Å². The number of aldehydes is 1. The third-order valence-electron chi connectivity index (χ3n) is 1.44. The molecule has 0 fully saturated rings. The van der Waals surface area contributed by atoms with E-state index in [0.29, 0.717) is 16.3 Å². The Kier molecular flexibility index (Phi) is 3.88. The van der Waals surface area contributed by atoms with Crippen molar-refractivity contribution in [3.63, 3.8) is 0 Å². The minimum atomic E-state index is 0.431. The molecule has 3 heteroatoms. The van der Waals surface area contributed by atoms with Crippen molar-refractivity contribution in [3.8, 4) is 11.8 Å². The zero-order chi connectivity index (χ0) is 9.68. The minimum Gasteiger partial charge on any atom is -0.298 e. The van der Waals surface area contributed by atoms with Gasteiger partial charge in [0.25, 0.3) is 0 Å². The number of thiol groups is 1. The number of rotatable bonds is 1. The fourth-order valence-electron chi connectivity index (χ4n) is 0.842. The van der Waals surface area contributed by atoms with E-state index < -0.39 is 0 Å². The van der Waals surface area contributed by atoms with Crippen LogP contribution < -0.4 is 0 Å². The van der Waals surface area contributed by atoms with E-state index in [2.05, 4.69) is 24.5 Å². The Morgan fingerprint density at radius 3 is 2.85 bits per heavy atom. The molecule has 0 bridgehead atoms. The average molecular weight is 211 g/mol. The van der Waals surface area contributed by atoms with Crippen molar-refractivity contribution in [2.45, 2.75) is 0 Å². The molecule has 0 aliphatic heterocycles. The number of hydrogen-bond acceptors (Lipinski definition) is 2. The summed E-state index contributed by atoms with van der Waals surface area (Å²) in [5.41, 5.74) is 1.28. The van der Waals surface area contributed by atoms with Crippen LogP contribution in [-0.2, 0) is 0 Å². The Balaban J connectivity index is 3.02. The normalized spacial score (nSPS) is 8.77. The van der Waals surface area contributed by atoms with Crippen LogP contribution in [0.15, 0.2) is 18.2 Å². The van der Waals surface area contributed by atoms with Crippen LogP contribution >= 0.6 is 24.2 Å². The monoisotopic (exact) mass is 210 g/mol. The fraction of sp³-hybridized carbons (Fsp3) is 0.100. The van der Waals surface area contributed by atoms with Gasteiger partial charge in [0, 0.05) is 11.1 Å². The van der Waals surface area contributed by atoms with Crippen LogP contribution in [0.4, 0.5) is 0 Å². The van der Waals surface area contributed by atoms with Crippen LogP contribution in [0.2, 0.25) is 5.02 Å². The summed E-state index contributed by atoms with van der Waals surface area (Å²) in [6.45, 7) is 0. The molecule has 0 saturated heterocycles. The van der Waals surface area contributed by atoms with Crippen molar-refractivity contribution in [2.24, 2.45) is 0 Å². The molecule has 1 rings (SSSR count). The molecule has 0 aliphatic rings. The Bertz CT molecular complexity index is 376. The predicted molar refractivity (Wildman–Crippen MR) is 57.6 cm³/mol. The zero-order valence-corrected chi connectivity index (χ0v) is 8.40. The highest BCUT2D eigenvalue weighted by Crippen LogP contribution is 2.15.